The molecular weight excluding hydrogens is 265 g/mol. The van der Waals surface area contributed by atoms with E-state index in [0.29, 0.717) is 0 Å². The van der Waals surface area contributed by atoms with Crippen molar-refractivity contribution in [2.24, 2.45) is 5.73 Å². The lowest BCUT2D eigenvalue weighted by atomic mass is 9.98. The number of halogens is 1. The van der Waals surface area contributed by atoms with Gasteiger partial charge in [-0.25, -0.2) is 9.07 Å². The lowest BCUT2D eigenvalue weighted by molar-refractivity contribution is 0.622. The molecule has 0 aliphatic carbocycles. The van der Waals surface area contributed by atoms with Crippen LogP contribution >= 0.6 is 0 Å². The van der Waals surface area contributed by atoms with Gasteiger partial charge in [-0.3, -0.25) is 0 Å². The number of aryl methyl sites for hydroxylation is 1. The summed E-state index contributed by atoms with van der Waals surface area (Å²) in [5, 5.41) is 4.33. The molecule has 106 valence electrons. The van der Waals surface area contributed by atoms with E-state index >= 15 is 0 Å². The Hall–Kier alpha value is -2.46. The fraction of sp³-hybridized carbons (Fsp3) is 0.118. The van der Waals surface area contributed by atoms with E-state index in [0.717, 1.165) is 22.4 Å². The van der Waals surface area contributed by atoms with Crippen LogP contribution in [0.1, 0.15) is 22.7 Å². The van der Waals surface area contributed by atoms with E-state index in [1.54, 1.807) is 16.9 Å². The molecule has 1 heterocycles. The summed E-state index contributed by atoms with van der Waals surface area (Å²) in [5.74, 6) is -0.276. The monoisotopic (exact) mass is 281 g/mol. The zero-order chi connectivity index (χ0) is 14.8. The number of aromatic nitrogens is 2. The molecule has 0 aliphatic heterocycles. The largest absolute Gasteiger partial charge is 0.320 e. The average molecular weight is 281 g/mol. The molecular formula is C17H16FN3. The van der Waals surface area contributed by atoms with E-state index in [-0.39, 0.29) is 5.82 Å². The highest BCUT2D eigenvalue weighted by Crippen LogP contribution is 2.23. The number of nitrogens with zero attached hydrogens (tertiary/aromatic N) is 2. The SMILES string of the molecule is Cc1ccc(F)cc1C(N)c1cnn(-c2ccccc2)c1. The molecule has 21 heavy (non-hydrogen) atoms. The van der Waals surface area contributed by atoms with Gasteiger partial charge in [0.1, 0.15) is 5.82 Å². The molecule has 0 aliphatic rings. The highest BCUT2D eigenvalue weighted by atomic mass is 19.1. The van der Waals surface area contributed by atoms with Gasteiger partial charge in [0.25, 0.3) is 0 Å². The highest BCUT2D eigenvalue weighted by molar-refractivity contribution is 5.37. The topological polar surface area (TPSA) is 43.8 Å². The van der Waals surface area contributed by atoms with E-state index in [2.05, 4.69) is 5.10 Å². The first-order valence-electron chi connectivity index (χ1n) is 6.77. The predicted octanol–water partition coefficient (Wildman–Crippen LogP) is 3.37. The summed E-state index contributed by atoms with van der Waals surface area (Å²) in [4.78, 5) is 0. The van der Waals surface area contributed by atoms with Crippen LogP contribution in [0.2, 0.25) is 0 Å². The van der Waals surface area contributed by atoms with Crippen LogP contribution in [0.25, 0.3) is 5.69 Å². The van der Waals surface area contributed by atoms with Crippen molar-refractivity contribution < 1.29 is 4.39 Å². The Morgan fingerprint density at radius 1 is 1.14 bits per heavy atom. The molecule has 2 aromatic carbocycles. The van der Waals surface area contributed by atoms with Crippen molar-refractivity contribution in [1.82, 2.24) is 9.78 Å². The maximum absolute atomic E-state index is 13.4. The van der Waals surface area contributed by atoms with Crippen molar-refractivity contribution in [1.29, 1.82) is 0 Å². The van der Waals surface area contributed by atoms with Crippen molar-refractivity contribution in [2.75, 3.05) is 0 Å². The number of hydrogen-bond donors (Lipinski definition) is 1. The Morgan fingerprint density at radius 2 is 1.90 bits per heavy atom. The second-order valence-corrected chi connectivity index (χ2v) is 5.03. The van der Waals surface area contributed by atoms with Crippen molar-refractivity contribution in [3.8, 4) is 5.69 Å². The molecule has 0 fully saturated rings. The van der Waals surface area contributed by atoms with Crippen LogP contribution in [0.4, 0.5) is 4.39 Å². The normalized spacial score (nSPS) is 12.3. The minimum absolute atomic E-state index is 0.276. The fourth-order valence-electron chi connectivity index (χ4n) is 2.35. The summed E-state index contributed by atoms with van der Waals surface area (Å²) in [6, 6.07) is 14.1. The Morgan fingerprint density at radius 3 is 2.67 bits per heavy atom. The third-order valence-corrected chi connectivity index (χ3v) is 3.56. The summed E-state index contributed by atoms with van der Waals surface area (Å²) in [6.07, 6.45) is 3.60. The molecule has 4 heteroatoms. The molecule has 0 radical (unpaired) electrons. The molecule has 0 bridgehead atoms. The van der Waals surface area contributed by atoms with E-state index in [9.17, 15) is 4.39 Å². The number of para-hydroxylation sites is 1. The van der Waals surface area contributed by atoms with E-state index < -0.39 is 6.04 Å². The van der Waals surface area contributed by atoms with Crippen LogP contribution in [0.15, 0.2) is 60.9 Å². The van der Waals surface area contributed by atoms with Gasteiger partial charge < -0.3 is 5.73 Å². The Bertz CT molecular complexity index is 750. The molecule has 1 atom stereocenters. The highest BCUT2D eigenvalue weighted by Gasteiger charge is 2.14. The van der Waals surface area contributed by atoms with Gasteiger partial charge in [0.2, 0.25) is 0 Å². The Kier molecular flexibility index (Phi) is 3.54. The first-order chi connectivity index (χ1) is 10.1. The standard InChI is InChI=1S/C17H16FN3/c1-12-7-8-14(18)9-16(12)17(19)13-10-20-21(11-13)15-5-3-2-4-6-15/h2-11,17H,19H2,1H3. The molecule has 3 rings (SSSR count). The number of hydrogen-bond acceptors (Lipinski definition) is 2. The van der Waals surface area contributed by atoms with Crippen molar-refractivity contribution in [3.63, 3.8) is 0 Å². The minimum atomic E-state index is -0.391. The third-order valence-electron chi connectivity index (χ3n) is 3.56. The Balaban J connectivity index is 1.94. The molecule has 2 N–H and O–H groups in total. The summed E-state index contributed by atoms with van der Waals surface area (Å²) in [5.41, 5.74) is 9.83. The van der Waals surface area contributed by atoms with Crippen LogP contribution in [0.5, 0.6) is 0 Å². The minimum Gasteiger partial charge on any atom is -0.320 e. The zero-order valence-electron chi connectivity index (χ0n) is 11.7. The maximum atomic E-state index is 13.4. The number of rotatable bonds is 3. The first-order valence-corrected chi connectivity index (χ1v) is 6.77. The third kappa shape index (κ3) is 2.71. The van der Waals surface area contributed by atoms with Gasteiger partial charge in [-0.2, -0.15) is 5.10 Å². The van der Waals surface area contributed by atoms with Gasteiger partial charge in [0, 0.05) is 11.8 Å². The van der Waals surface area contributed by atoms with Gasteiger partial charge in [0.15, 0.2) is 0 Å². The van der Waals surface area contributed by atoms with Gasteiger partial charge in [-0.1, -0.05) is 24.3 Å². The molecule has 3 nitrogen and oxygen atoms in total. The second-order valence-electron chi connectivity index (χ2n) is 5.03. The van der Waals surface area contributed by atoms with E-state index in [1.165, 1.54) is 12.1 Å². The first kappa shape index (κ1) is 13.5. The molecule has 0 spiro atoms. The smallest absolute Gasteiger partial charge is 0.123 e. The van der Waals surface area contributed by atoms with Gasteiger partial charge in [-0.05, 0) is 42.3 Å². The number of nitrogens with two attached hydrogens (primary N) is 1. The summed E-state index contributed by atoms with van der Waals surface area (Å²) in [7, 11) is 0. The Labute approximate surface area is 122 Å². The van der Waals surface area contributed by atoms with Gasteiger partial charge in [-0.15, -0.1) is 0 Å². The van der Waals surface area contributed by atoms with Crippen molar-refractivity contribution in [3.05, 3.63) is 83.4 Å². The molecule has 3 aromatic rings. The lowest BCUT2D eigenvalue weighted by Crippen LogP contribution is -2.13. The lowest BCUT2D eigenvalue weighted by Gasteiger charge is -2.13. The van der Waals surface area contributed by atoms with Crippen LogP contribution in [-0.2, 0) is 0 Å². The van der Waals surface area contributed by atoms with Crippen molar-refractivity contribution in [2.45, 2.75) is 13.0 Å². The molecule has 0 saturated heterocycles. The summed E-state index contributed by atoms with van der Waals surface area (Å²) in [6.45, 7) is 1.93. The summed E-state index contributed by atoms with van der Waals surface area (Å²) < 4.78 is 15.2. The van der Waals surface area contributed by atoms with Gasteiger partial charge in [0.05, 0.1) is 17.9 Å². The van der Waals surface area contributed by atoms with Crippen molar-refractivity contribution >= 4 is 0 Å². The second kappa shape index (κ2) is 5.50. The van der Waals surface area contributed by atoms with Crippen LogP contribution in [0, 0.1) is 12.7 Å². The van der Waals surface area contributed by atoms with Crippen LogP contribution < -0.4 is 5.73 Å². The predicted molar refractivity (Wildman–Crippen MR) is 80.7 cm³/mol. The molecule has 0 amide bonds. The van der Waals surface area contributed by atoms with Gasteiger partial charge >= 0.3 is 0 Å². The fourth-order valence-corrected chi connectivity index (χ4v) is 2.35. The summed E-state index contributed by atoms with van der Waals surface area (Å²) >= 11 is 0. The quantitative estimate of drug-likeness (QED) is 0.800. The maximum Gasteiger partial charge on any atom is 0.123 e. The zero-order valence-corrected chi connectivity index (χ0v) is 11.7. The molecule has 1 aromatic heterocycles. The number of benzene rings is 2. The molecule has 0 saturated carbocycles. The van der Waals surface area contributed by atoms with E-state index in [1.807, 2.05) is 43.5 Å². The molecule has 1 unspecified atom stereocenters. The van der Waals surface area contributed by atoms with Crippen LogP contribution in [0.3, 0.4) is 0 Å². The average Bonchev–Trinajstić information content (AvgIpc) is 3.00. The van der Waals surface area contributed by atoms with Crippen LogP contribution in [-0.4, -0.2) is 9.78 Å². The van der Waals surface area contributed by atoms with E-state index in [4.69, 9.17) is 5.73 Å².